The van der Waals surface area contributed by atoms with E-state index in [1.807, 2.05) is 0 Å². The molecular formula is C18H16N2O7S. The fourth-order valence-corrected chi connectivity index (χ4v) is 4.86. The summed E-state index contributed by atoms with van der Waals surface area (Å²) >= 11 is 1.25. The molecule has 3 heterocycles. The highest BCUT2D eigenvalue weighted by Gasteiger charge is 2.70. The van der Waals surface area contributed by atoms with Gasteiger partial charge in [0.05, 0.1) is 0 Å². The molecular weight excluding hydrogens is 388 g/mol. The SMILES string of the molecule is CC(=O)OCC1=C(C(=O)O)N2C(=O)C3(NC(=O)C(c4ccccc4)O3)[C@@H]2SC1. The molecule has 10 heteroatoms. The second-order valence-electron chi connectivity index (χ2n) is 6.51. The Morgan fingerprint density at radius 1 is 1.36 bits per heavy atom. The number of amides is 2. The lowest BCUT2D eigenvalue weighted by Gasteiger charge is -2.54. The van der Waals surface area contributed by atoms with Crippen molar-refractivity contribution in [3.8, 4) is 0 Å². The van der Waals surface area contributed by atoms with Gasteiger partial charge >= 0.3 is 11.9 Å². The molecule has 2 unspecified atom stereocenters. The summed E-state index contributed by atoms with van der Waals surface area (Å²) in [6.07, 6.45) is -0.951. The van der Waals surface area contributed by atoms with Crippen LogP contribution in [-0.4, -0.2) is 57.2 Å². The number of hydrogen-bond acceptors (Lipinski definition) is 7. The Morgan fingerprint density at radius 3 is 2.71 bits per heavy atom. The van der Waals surface area contributed by atoms with Gasteiger partial charge in [0.1, 0.15) is 17.7 Å². The lowest BCUT2D eigenvalue weighted by Crippen LogP contribution is -2.78. The topological polar surface area (TPSA) is 122 Å². The number of ether oxygens (including phenoxy) is 2. The van der Waals surface area contributed by atoms with Crippen LogP contribution < -0.4 is 5.32 Å². The number of β-lactam (4-membered cyclic amide) rings is 1. The average Bonchev–Trinajstić information content (AvgIpc) is 3.05. The van der Waals surface area contributed by atoms with Crippen molar-refractivity contribution in [2.45, 2.75) is 24.1 Å². The number of thioether (sulfide) groups is 1. The highest BCUT2D eigenvalue weighted by Crippen LogP contribution is 2.50. The minimum atomic E-state index is -1.60. The Morgan fingerprint density at radius 2 is 2.07 bits per heavy atom. The molecule has 1 aromatic carbocycles. The monoisotopic (exact) mass is 404 g/mol. The second-order valence-corrected chi connectivity index (χ2v) is 7.58. The van der Waals surface area contributed by atoms with Crippen LogP contribution in [0.2, 0.25) is 0 Å². The van der Waals surface area contributed by atoms with Gasteiger partial charge in [-0.25, -0.2) is 4.79 Å². The molecule has 0 radical (unpaired) electrons. The Labute approximate surface area is 163 Å². The van der Waals surface area contributed by atoms with Crippen LogP contribution in [0.1, 0.15) is 18.6 Å². The summed E-state index contributed by atoms with van der Waals surface area (Å²) in [6.45, 7) is 1.00. The van der Waals surface area contributed by atoms with Crippen LogP contribution in [0.15, 0.2) is 41.6 Å². The Hall–Kier alpha value is -2.85. The Kier molecular flexibility index (Phi) is 4.39. The first-order valence-electron chi connectivity index (χ1n) is 8.44. The third kappa shape index (κ3) is 2.68. The first-order chi connectivity index (χ1) is 13.3. The van der Waals surface area contributed by atoms with Crippen LogP contribution in [0.5, 0.6) is 0 Å². The van der Waals surface area contributed by atoms with Crippen LogP contribution >= 0.6 is 11.8 Å². The van der Waals surface area contributed by atoms with E-state index in [9.17, 15) is 24.3 Å². The molecule has 2 saturated heterocycles. The van der Waals surface area contributed by atoms with E-state index in [1.54, 1.807) is 30.3 Å². The summed E-state index contributed by atoms with van der Waals surface area (Å²) in [7, 11) is 0. The number of carbonyl (C=O) groups is 4. The fourth-order valence-electron chi connectivity index (χ4n) is 3.48. The summed E-state index contributed by atoms with van der Waals surface area (Å²) in [6, 6.07) is 8.76. The van der Waals surface area contributed by atoms with Crippen molar-refractivity contribution >= 4 is 35.5 Å². The van der Waals surface area contributed by atoms with Crippen molar-refractivity contribution in [1.29, 1.82) is 0 Å². The van der Waals surface area contributed by atoms with Crippen LogP contribution in [0.3, 0.4) is 0 Å². The molecule has 0 aliphatic carbocycles. The van der Waals surface area contributed by atoms with E-state index in [-0.39, 0.29) is 18.1 Å². The minimum absolute atomic E-state index is 0.215. The maximum atomic E-state index is 12.9. The molecule has 4 rings (SSSR count). The van der Waals surface area contributed by atoms with Gasteiger partial charge in [0, 0.05) is 18.2 Å². The summed E-state index contributed by atoms with van der Waals surface area (Å²) in [5, 5.41) is 11.5. The maximum Gasteiger partial charge on any atom is 0.352 e. The largest absolute Gasteiger partial charge is 0.477 e. The van der Waals surface area contributed by atoms with Crippen molar-refractivity contribution in [3.63, 3.8) is 0 Å². The van der Waals surface area contributed by atoms with E-state index >= 15 is 0 Å². The van der Waals surface area contributed by atoms with Crippen molar-refractivity contribution in [2.75, 3.05) is 12.4 Å². The number of nitrogens with zero attached hydrogens (tertiary/aromatic N) is 1. The van der Waals surface area contributed by atoms with Gasteiger partial charge in [-0.15, -0.1) is 11.8 Å². The van der Waals surface area contributed by atoms with Crippen LogP contribution in [0, 0.1) is 0 Å². The van der Waals surface area contributed by atoms with E-state index in [0.717, 1.165) is 4.90 Å². The first kappa shape index (κ1) is 18.5. The number of esters is 1. The minimum Gasteiger partial charge on any atom is -0.477 e. The fraction of sp³-hybridized carbons (Fsp3) is 0.333. The maximum absolute atomic E-state index is 12.9. The van der Waals surface area contributed by atoms with Crippen molar-refractivity contribution in [1.82, 2.24) is 10.2 Å². The van der Waals surface area contributed by atoms with E-state index in [1.165, 1.54) is 18.7 Å². The van der Waals surface area contributed by atoms with Gasteiger partial charge in [0.15, 0.2) is 6.10 Å². The molecule has 0 bridgehead atoms. The van der Waals surface area contributed by atoms with Gasteiger partial charge < -0.3 is 19.9 Å². The Bertz CT molecular complexity index is 916. The highest BCUT2D eigenvalue weighted by molar-refractivity contribution is 8.00. The van der Waals surface area contributed by atoms with Crippen LogP contribution in [-0.2, 0) is 28.7 Å². The van der Waals surface area contributed by atoms with Crippen molar-refractivity contribution in [3.05, 3.63) is 47.2 Å². The summed E-state index contributed by atoms with van der Waals surface area (Å²) < 4.78 is 10.8. The zero-order valence-corrected chi connectivity index (χ0v) is 15.5. The smallest absolute Gasteiger partial charge is 0.352 e. The number of carboxylic acid groups (broad SMARTS) is 1. The molecule has 3 atom stereocenters. The van der Waals surface area contributed by atoms with Gasteiger partial charge in [-0.3, -0.25) is 19.3 Å². The molecule has 0 saturated carbocycles. The summed E-state index contributed by atoms with van der Waals surface area (Å²) in [5.41, 5.74) is -0.915. The number of rotatable bonds is 4. The molecule has 146 valence electrons. The quantitative estimate of drug-likeness (QED) is 0.546. The molecule has 0 aromatic heterocycles. The number of aliphatic carboxylic acids is 1. The number of benzene rings is 1. The zero-order chi connectivity index (χ0) is 20.1. The molecule has 3 aliphatic rings. The molecule has 9 nitrogen and oxygen atoms in total. The number of carboxylic acids is 1. The molecule has 28 heavy (non-hydrogen) atoms. The Balaban J connectivity index is 1.62. The summed E-state index contributed by atoms with van der Waals surface area (Å²) in [5.74, 6) is -2.74. The third-order valence-corrected chi connectivity index (χ3v) is 6.09. The molecule has 2 fully saturated rings. The first-order valence-corrected chi connectivity index (χ1v) is 9.49. The molecule has 2 amide bonds. The molecule has 1 spiro atoms. The average molecular weight is 404 g/mol. The number of carbonyl (C=O) groups excluding carboxylic acids is 3. The predicted molar refractivity (Wildman–Crippen MR) is 95.5 cm³/mol. The van der Waals surface area contributed by atoms with Gasteiger partial charge in [-0.05, 0) is 5.56 Å². The van der Waals surface area contributed by atoms with Gasteiger partial charge in [0.25, 0.3) is 17.5 Å². The molecule has 3 aliphatic heterocycles. The lowest BCUT2D eigenvalue weighted by atomic mass is 9.99. The number of fused-ring (bicyclic) bond motifs is 2. The number of nitrogens with one attached hydrogen (secondary N) is 1. The predicted octanol–water partition coefficient (Wildman–Crippen LogP) is 0.387. The molecule has 2 N–H and O–H groups in total. The van der Waals surface area contributed by atoms with Gasteiger partial charge in [-0.2, -0.15) is 0 Å². The highest BCUT2D eigenvalue weighted by atomic mass is 32.2. The van der Waals surface area contributed by atoms with Crippen molar-refractivity contribution < 1.29 is 33.8 Å². The second kappa shape index (κ2) is 6.64. The molecule has 1 aromatic rings. The van der Waals surface area contributed by atoms with Gasteiger partial charge in [-0.1, -0.05) is 30.3 Å². The van der Waals surface area contributed by atoms with Crippen LogP contribution in [0.4, 0.5) is 0 Å². The van der Waals surface area contributed by atoms with Crippen LogP contribution in [0.25, 0.3) is 0 Å². The van der Waals surface area contributed by atoms with Crippen molar-refractivity contribution in [2.24, 2.45) is 0 Å². The standard InChI is InChI=1S/C18H16N2O7S/c1-9(21)26-7-11-8-28-17-18(16(25)20(17)12(11)15(23)24)19-14(22)13(27-18)10-5-3-2-4-6-10/h2-6,13,17H,7-8H2,1H3,(H,19,22)(H,23,24)/t13?,17-,18?/m0/s1. The van der Waals surface area contributed by atoms with E-state index in [0.29, 0.717) is 11.1 Å². The van der Waals surface area contributed by atoms with Gasteiger partial charge in [0.2, 0.25) is 0 Å². The lowest BCUT2D eigenvalue weighted by molar-refractivity contribution is -0.190. The van der Waals surface area contributed by atoms with E-state index < -0.39 is 41.0 Å². The number of hydrogen-bond donors (Lipinski definition) is 2. The normalized spacial score (nSPS) is 28.7. The van der Waals surface area contributed by atoms with E-state index in [2.05, 4.69) is 5.32 Å². The van der Waals surface area contributed by atoms with E-state index in [4.69, 9.17) is 9.47 Å². The zero-order valence-electron chi connectivity index (χ0n) is 14.7. The summed E-state index contributed by atoms with van der Waals surface area (Å²) in [4.78, 5) is 49.3. The third-order valence-electron chi connectivity index (χ3n) is 4.72.